The van der Waals surface area contributed by atoms with Crippen LogP contribution in [0.25, 0.3) is 0 Å². The van der Waals surface area contributed by atoms with E-state index < -0.39 is 18.1 Å². The molecule has 1 amide bonds. The molecule has 2 atom stereocenters. The molecule has 1 saturated heterocycles. The second-order valence-corrected chi connectivity index (χ2v) is 2.85. The van der Waals surface area contributed by atoms with Gasteiger partial charge in [0.1, 0.15) is 0 Å². The number of rotatable bonds is 1. The van der Waals surface area contributed by atoms with E-state index in [0.717, 1.165) is 0 Å². The fourth-order valence-electron chi connectivity index (χ4n) is 1.43. The van der Waals surface area contributed by atoms with Gasteiger partial charge in [-0.1, -0.05) is 0 Å². The maximum absolute atomic E-state index is 10.9. The predicted octanol–water partition coefficient (Wildman–Crippen LogP) is -0.947. The van der Waals surface area contributed by atoms with Crippen molar-refractivity contribution in [3.63, 3.8) is 0 Å². The Morgan fingerprint density at radius 3 is 2.42 bits per heavy atom. The number of carbonyl (C=O) groups excluding carboxylic acids is 1. The van der Waals surface area contributed by atoms with Gasteiger partial charge in [-0.25, -0.2) is 4.79 Å². The summed E-state index contributed by atoms with van der Waals surface area (Å²) in [5, 5.41) is 17.9. The van der Waals surface area contributed by atoms with Crippen molar-refractivity contribution in [2.24, 2.45) is 0 Å². The van der Waals surface area contributed by atoms with Gasteiger partial charge in [-0.15, -0.1) is 0 Å². The van der Waals surface area contributed by atoms with Crippen molar-refractivity contribution < 1.29 is 19.8 Å². The van der Waals surface area contributed by atoms with Crippen LogP contribution in [0.1, 0.15) is 13.3 Å². The Hall–Kier alpha value is -1.10. The molecule has 1 rings (SSSR count). The van der Waals surface area contributed by atoms with Crippen LogP contribution < -0.4 is 0 Å². The van der Waals surface area contributed by atoms with Crippen LogP contribution in [-0.4, -0.2) is 45.7 Å². The first-order valence-corrected chi connectivity index (χ1v) is 3.72. The summed E-state index contributed by atoms with van der Waals surface area (Å²) in [4.78, 5) is 22.6. The molecule has 0 aliphatic carbocycles. The van der Waals surface area contributed by atoms with Crippen LogP contribution in [0.3, 0.4) is 0 Å². The lowest BCUT2D eigenvalue weighted by Gasteiger charge is -2.20. The van der Waals surface area contributed by atoms with Crippen LogP contribution in [0.5, 0.6) is 0 Å². The van der Waals surface area contributed by atoms with Crippen LogP contribution >= 0.6 is 0 Å². The van der Waals surface area contributed by atoms with Gasteiger partial charge in [0, 0.05) is 13.5 Å². The molecule has 5 nitrogen and oxygen atoms in total. The summed E-state index contributed by atoms with van der Waals surface area (Å²) in [6.07, 6.45) is -0.581. The molecule has 2 N–H and O–H groups in total. The zero-order valence-electron chi connectivity index (χ0n) is 6.73. The quantitative estimate of drug-likeness (QED) is 0.536. The maximum atomic E-state index is 10.9. The van der Waals surface area contributed by atoms with Gasteiger partial charge in [-0.2, -0.15) is 0 Å². The van der Waals surface area contributed by atoms with Gasteiger partial charge in [0.2, 0.25) is 5.91 Å². The zero-order chi connectivity index (χ0) is 9.30. The van der Waals surface area contributed by atoms with Gasteiger partial charge >= 0.3 is 5.97 Å². The highest BCUT2D eigenvalue weighted by atomic mass is 16.4. The number of carbonyl (C=O) groups is 2. The Morgan fingerprint density at radius 2 is 2.08 bits per heavy atom. The van der Waals surface area contributed by atoms with Gasteiger partial charge in [0.25, 0.3) is 0 Å². The monoisotopic (exact) mass is 173 g/mol. The average molecular weight is 173 g/mol. The second-order valence-electron chi connectivity index (χ2n) is 2.85. The molecule has 0 aromatic heterocycles. The van der Waals surface area contributed by atoms with Crippen molar-refractivity contribution in [2.45, 2.75) is 25.5 Å². The average Bonchev–Trinajstić information content (AvgIpc) is 2.30. The van der Waals surface area contributed by atoms with E-state index in [1.807, 2.05) is 0 Å². The first-order chi connectivity index (χ1) is 5.54. The molecule has 12 heavy (non-hydrogen) atoms. The van der Waals surface area contributed by atoms with E-state index in [1.54, 1.807) is 0 Å². The lowest BCUT2D eigenvalue weighted by molar-refractivity contribution is -0.150. The number of carboxylic acids is 1. The van der Waals surface area contributed by atoms with Crippen LogP contribution in [0.2, 0.25) is 0 Å². The molecular weight excluding hydrogens is 162 g/mol. The van der Waals surface area contributed by atoms with E-state index in [4.69, 9.17) is 5.11 Å². The molecule has 68 valence electrons. The zero-order valence-corrected chi connectivity index (χ0v) is 6.73. The summed E-state index contributed by atoms with van der Waals surface area (Å²) in [6.45, 7) is 1.63. The van der Waals surface area contributed by atoms with Crippen molar-refractivity contribution in [3.8, 4) is 0 Å². The van der Waals surface area contributed by atoms with Crippen molar-refractivity contribution in [3.05, 3.63) is 0 Å². The third kappa shape index (κ3) is 1.40. The third-order valence-electron chi connectivity index (χ3n) is 2.02. The van der Waals surface area contributed by atoms with E-state index in [-0.39, 0.29) is 5.91 Å². The lowest BCUT2D eigenvalue weighted by Crippen LogP contribution is -2.44. The number of aliphatic carboxylic acids is 1. The maximum Gasteiger partial charge on any atom is 0.329 e. The molecule has 0 saturated carbocycles. The SMILES string of the molecule is CC(=O)N1CCC(O)[C@H]1C(=O)O. The van der Waals surface area contributed by atoms with Crippen LogP contribution in [0.4, 0.5) is 0 Å². The van der Waals surface area contributed by atoms with Gasteiger partial charge in [0.15, 0.2) is 6.04 Å². The Kier molecular flexibility index (Phi) is 2.32. The van der Waals surface area contributed by atoms with E-state index in [1.165, 1.54) is 11.8 Å². The summed E-state index contributed by atoms with van der Waals surface area (Å²) in [5.74, 6) is -1.45. The number of hydrogen-bond donors (Lipinski definition) is 2. The number of likely N-dealkylation sites (tertiary alicyclic amines) is 1. The molecule has 0 bridgehead atoms. The Bertz CT molecular complexity index is 215. The molecule has 0 spiro atoms. The largest absolute Gasteiger partial charge is 0.480 e. The molecule has 0 aromatic rings. The summed E-state index contributed by atoms with van der Waals surface area (Å²) >= 11 is 0. The molecule has 1 fully saturated rings. The van der Waals surface area contributed by atoms with Crippen molar-refractivity contribution in [1.82, 2.24) is 4.90 Å². The molecule has 1 aliphatic heterocycles. The van der Waals surface area contributed by atoms with E-state index in [2.05, 4.69) is 0 Å². The first kappa shape index (κ1) is 8.99. The molecule has 0 radical (unpaired) electrons. The minimum Gasteiger partial charge on any atom is -0.480 e. The van der Waals surface area contributed by atoms with Crippen LogP contribution in [-0.2, 0) is 9.59 Å². The number of amides is 1. The van der Waals surface area contributed by atoms with Crippen LogP contribution in [0, 0.1) is 0 Å². The number of hydrogen-bond acceptors (Lipinski definition) is 3. The van der Waals surface area contributed by atoms with Crippen LogP contribution in [0.15, 0.2) is 0 Å². The highest BCUT2D eigenvalue weighted by molar-refractivity contribution is 5.83. The Morgan fingerprint density at radius 1 is 1.50 bits per heavy atom. The molecule has 5 heteroatoms. The summed E-state index contributed by atoms with van der Waals surface area (Å²) in [7, 11) is 0. The second kappa shape index (κ2) is 3.10. The first-order valence-electron chi connectivity index (χ1n) is 3.72. The summed E-state index contributed by atoms with van der Waals surface area (Å²) < 4.78 is 0. The normalized spacial score (nSPS) is 29.0. The van der Waals surface area contributed by atoms with E-state index in [9.17, 15) is 14.7 Å². The lowest BCUT2D eigenvalue weighted by atomic mass is 10.2. The smallest absolute Gasteiger partial charge is 0.329 e. The van der Waals surface area contributed by atoms with E-state index >= 15 is 0 Å². The third-order valence-corrected chi connectivity index (χ3v) is 2.02. The minimum absolute atomic E-state index is 0.307. The predicted molar refractivity (Wildman–Crippen MR) is 39.4 cm³/mol. The fourth-order valence-corrected chi connectivity index (χ4v) is 1.43. The van der Waals surface area contributed by atoms with Crippen molar-refractivity contribution in [2.75, 3.05) is 6.54 Å². The number of nitrogens with zero attached hydrogens (tertiary/aromatic N) is 1. The molecule has 1 heterocycles. The highest BCUT2D eigenvalue weighted by Crippen LogP contribution is 2.17. The van der Waals surface area contributed by atoms with Gasteiger partial charge in [-0.05, 0) is 6.42 Å². The fraction of sp³-hybridized carbons (Fsp3) is 0.714. The Labute approximate surface area is 69.6 Å². The summed E-state index contributed by atoms with van der Waals surface area (Å²) in [5.41, 5.74) is 0. The van der Waals surface area contributed by atoms with E-state index in [0.29, 0.717) is 13.0 Å². The van der Waals surface area contributed by atoms with Gasteiger partial charge in [0.05, 0.1) is 6.10 Å². The Balaban J connectivity index is 2.77. The van der Waals surface area contributed by atoms with Crippen molar-refractivity contribution >= 4 is 11.9 Å². The topological polar surface area (TPSA) is 77.8 Å². The highest BCUT2D eigenvalue weighted by Gasteiger charge is 2.39. The molecule has 1 aliphatic rings. The molecule has 1 unspecified atom stereocenters. The molecule has 0 aromatic carbocycles. The van der Waals surface area contributed by atoms with Crippen molar-refractivity contribution in [1.29, 1.82) is 0 Å². The number of aliphatic hydroxyl groups is 1. The molecular formula is C7H11NO4. The van der Waals surface area contributed by atoms with Gasteiger partial charge < -0.3 is 15.1 Å². The standard InChI is InChI=1S/C7H11NO4/c1-4(9)8-3-2-5(10)6(8)7(11)12/h5-6,10H,2-3H2,1H3,(H,11,12)/t5?,6-/m0/s1. The van der Waals surface area contributed by atoms with Gasteiger partial charge in [-0.3, -0.25) is 4.79 Å². The number of aliphatic hydroxyl groups excluding tert-OH is 1. The minimum atomic E-state index is -1.14. The summed E-state index contributed by atoms with van der Waals surface area (Å²) in [6, 6.07) is -1.05. The number of carboxylic acid groups (broad SMARTS) is 1.